The van der Waals surface area contributed by atoms with Gasteiger partial charge in [0, 0.05) is 32.7 Å². The van der Waals surface area contributed by atoms with Crippen LogP contribution >= 0.6 is 0 Å². The first kappa shape index (κ1) is 24.6. The Bertz CT molecular complexity index is 778. The maximum atomic E-state index is 13.0. The lowest BCUT2D eigenvalue weighted by atomic mass is 10.1. The van der Waals surface area contributed by atoms with Crippen molar-refractivity contribution in [1.29, 1.82) is 0 Å². The first-order valence-electron chi connectivity index (χ1n) is 10.0. The lowest BCUT2D eigenvalue weighted by Gasteiger charge is -2.33. The number of halogens is 3. The average molecular weight is 443 g/mol. The predicted molar refractivity (Wildman–Crippen MR) is 109 cm³/mol. The third-order valence-corrected chi connectivity index (χ3v) is 4.63. The highest BCUT2D eigenvalue weighted by Crippen LogP contribution is 2.34. The summed E-state index contributed by atoms with van der Waals surface area (Å²) in [5.74, 6) is -0.686. The Balaban J connectivity index is 1.74. The van der Waals surface area contributed by atoms with Crippen LogP contribution < -0.4 is 16.0 Å². The third kappa shape index (κ3) is 8.54. The van der Waals surface area contributed by atoms with Crippen molar-refractivity contribution in [3.63, 3.8) is 0 Å². The number of urea groups is 1. The van der Waals surface area contributed by atoms with Gasteiger partial charge in [-0.15, -0.1) is 0 Å². The largest absolute Gasteiger partial charge is 0.418 e. The van der Waals surface area contributed by atoms with E-state index in [0.29, 0.717) is 32.7 Å². The average Bonchev–Trinajstić information content (AvgIpc) is 2.67. The number of amides is 4. The summed E-state index contributed by atoms with van der Waals surface area (Å²) in [7, 11) is 0. The van der Waals surface area contributed by atoms with Gasteiger partial charge >= 0.3 is 12.2 Å². The van der Waals surface area contributed by atoms with E-state index in [1.807, 2.05) is 18.7 Å². The molecule has 0 aliphatic carbocycles. The van der Waals surface area contributed by atoms with Crippen molar-refractivity contribution in [2.75, 3.05) is 51.1 Å². The van der Waals surface area contributed by atoms with Crippen molar-refractivity contribution in [3.05, 3.63) is 29.8 Å². The number of para-hydroxylation sites is 1. The zero-order chi connectivity index (χ0) is 23.0. The van der Waals surface area contributed by atoms with Gasteiger partial charge in [0.2, 0.25) is 11.8 Å². The fourth-order valence-electron chi connectivity index (χ4n) is 3.05. The van der Waals surface area contributed by atoms with Gasteiger partial charge < -0.3 is 10.6 Å². The first-order valence-corrected chi connectivity index (χ1v) is 10.0. The molecule has 0 radical (unpaired) electrons. The molecular formula is C20H28F3N5O3. The number of alkyl halides is 3. The van der Waals surface area contributed by atoms with Crippen LogP contribution in [0.2, 0.25) is 0 Å². The van der Waals surface area contributed by atoms with Crippen LogP contribution in [0.1, 0.15) is 19.4 Å². The van der Waals surface area contributed by atoms with Gasteiger partial charge in [0.15, 0.2) is 0 Å². The topological polar surface area (TPSA) is 93.8 Å². The summed E-state index contributed by atoms with van der Waals surface area (Å²) in [5, 5.41) is 7.20. The standard InChI is InChI=1S/C20H28F3N5O3/c1-14(2)11-24-19(31)26-18(30)13-28-9-7-27(8-10-28)12-17(29)25-16-6-4-3-5-15(16)20(21,22)23/h3-6,14H,7-13H2,1-2H3,(H,25,29)(H2,24,26,30,31). The number of piperazine rings is 1. The molecule has 2 rings (SSSR count). The Morgan fingerprint density at radius 3 is 2.06 bits per heavy atom. The SMILES string of the molecule is CC(C)CNC(=O)NC(=O)CN1CCN(CC(=O)Nc2ccccc2C(F)(F)F)CC1. The molecular weight excluding hydrogens is 415 g/mol. The van der Waals surface area contributed by atoms with Crippen molar-refractivity contribution >= 4 is 23.5 Å². The highest BCUT2D eigenvalue weighted by Gasteiger charge is 2.33. The van der Waals surface area contributed by atoms with E-state index in [1.54, 1.807) is 4.90 Å². The number of benzene rings is 1. The fraction of sp³-hybridized carbons (Fsp3) is 0.550. The second-order valence-corrected chi connectivity index (χ2v) is 7.80. The van der Waals surface area contributed by atoms with E-state index in [2.05, 4.69) is 16.0 Å². The maximum Gasteiger partial charge on any atom is 0.418 e. The molecule has 11 heteroatoms. The molecule has 0 spiro atoms. The Labute approximate surface area is 179 Å². The van der Waals surface area contributed by atoms with Gasteiger partial charge in [0.25, 0.3) is 0 Å². The summed E-state index contributed by atoms with van der Waals surface area (Å²) in [4.78, 5) is 39.4. The van der Waals surface area contributed by atoms with Gasteiger partial charge in [0.1, 0.15) is 0 Å². The number of hydrogen-bond donors (Lipinski definition) is 3. The van der Waals surface area contributed by atoms with Crippen LogP contribution in [0.3, 0.4) is 0 Å². The zero-order valence-electron chi connectivity index (χ0n) is 17.6. The molecule has 0 atom stereocenters. The molecule has 1 aliphatic rings. The predicted octanol–water partition coefficient (Wildman–Crippen LogP) is 1.74. The van der Waals surface area contributed by atoms with Crippen LogP contribution in [0.15, 0.2) is 24.3 Å². The van der Waals surface area contributed by atoms with Gasteiger partial charge in [-0.25, -0.2) is 4.79 Å². The van der Waals surface area contributed by atoms with Gasteiger partial charge in [-0.3, -0.25) is 24.7 Å². The molecule has 1 saturated heterocycles. The monoisotopic (exact) mass is 443 g/mol. The van der Waals surface area contributed by atoms with Crippen molar-refractivity contribution < 1.29 is 27.6 Å². The first-order chi connectivity index (χ1) is 14.5. The molecule has 1 aromatic carbocycles. The van der Waals surface area contributed by atoms with Crippen molar-refractivity contribution in [3.8, 4) is 0 Å². The minimum absolute atomic E-state index is 0.0497. The maximum absolute atomic E-state index is 13.0. The summed E-state index contributed by atoms with van der Waals surface area (Å²) in [5.41, 5.74) is -1.16. The molecule has 0 unspecified atom stereocenters. The Kier molecular flexibility index (Phi) is 8.81. The normalized spacial score (nSPS) is 15.5. The number of imide groups is 1. The lowest BCUT2D eigenvalue weighted by Crippen LogP contribution is -2.52. The quantitative estimate of drug-likeness (QED) is 0.597. The van der Waals surface area contributed by atoms with Crippen LogP contribution in [0.4, 0.5) is 23.7 Å². The van der Waals surface area contributed by atoms with E-state index in [-0.39, 0.29) is 24.7 Å². The second-order valence-electron chi connectivity index (χ2n) is 7.80. The summed E-state index contributed by atoms with van der Waals surface area (Å²) in [6.45, 7) is 6.28. The number of nitrogens with zero attached hydrogens (tertiary/aromatic N) is 2. The number of nitrogens with one attached hydrogen (secondary N) is 3. The minimum Gasteiger partial charge on any atom is -0.338 e. The highest BCUT2D eigenvalue weighted by molar-refractivity contribution is 5.95. The van der Waals surface area contributed by atoms with Crippen LogP contribution in [0, 0.1) is 5.92 Å². The molecule has 0 saturated carbocycles. The minimum atomic E-state index is -4.55. The van der Waals surface area contributed by atoms with Crippen LogP contribution in [0.25, 0.3) is 0 Å². The van der Waals surface area contributed by atoms with Gasteiger partial charge in [-0.2, -0.15) is 13.2 Å². The van der Waals surface area contributed by atoms with Gasteiger partial charge in [-0.1, -0.05) is 26.0 Å². The van der Waals surface area contributed by atoms with Crippen molar-refractivity contribution in [1.82, 2.24) is 20.4 Å². The molecule has 1 aliphatic heterocycles. The molecule has 8 nitrogen and oxygen atoms in total. The van der Waals surface area contributed by atoms with Gasteiger partial charge in [0.05, 0.1) is 24.3 Å². The number of anilines is 1. The second kappa shape index (κ2) is 11.1. The summed E-state index contributed by atoms with van der Waals surface area (Å²) >= 11 is 0. The molecule has 4 amide bonds. The molecule has 1 aromatic rings. The van der Waals surface area contributed by atoms with Crippen LogP contribution in [0.5, 0.6) is 0 Å². The van der Waals surface area contributed by atoms with Crippen molar-refractivity contribution in [2.45, 2.75) is 20.0 Å². The summed E-state index contributed by atoms with van der Waals surface area (Å²) in [6, 6.07) is 4.30. The highest BCUT2D eigenvalue weighted by atomic mass is 19.4. The van der Waals surface area contributed by atoms with Crippen LogP contribution in [-0.2, 0) is 15.8 Å². The number of carbonyl (C=O) groups is 3. The molecule has 1 fully saturated rings. The summed E-state index contributed by atoms with van der Waals surface area (Å²) in [6.07, 6.45) is -4.55. The van der Waals surface area contributed by atoms with Gasteiger partial charge in [-0.05, 0) is 18.1 Å². The lowest BCUT2D eigenvalue weighted by molar-refractivity contribution is -0.137. The molecule has 0 bridgehead atoms. The number of rotatable bonds is 7. The summed E-state index contributed by atoms with van der Waals surface area (Å²) < 4.78 is 39.1. The molecule has 1 heterocycles. The molecule has 31 heavy (non-hydrogen) atoms. The number of hydrogen-bond acceptors (Lipinski definition) is 5. The molecule has 3 N–H and O–H groups in total. The Morgan fingerprint density at radius 2 is 1.52 bits per heavy atom. The van der Waals surface area contributed by atoms with E-state index in [9.17, 15) is 27.6 Å². The van der Waals surface area contributed by atoms with Crippen LogP contribution in [-0.4, -0.2) is 73.5 Å². The zero-order valence-corrected chi connectivity index (χ0v) is 17.6. The number of carbonyl (C=O) groups excluding carboxylic acids is 3. The third-order valence-electron chi connectivity index (χ3n) is 4.63. The van der Waals surface area contributed by atoms with E-state index < -0.39 is 29.6 Å². The molecule has 172 valence electrons. The van der Waals surface area contributed by atoms with E-state index >= 15 is 0 Å². The van der Waals surface area contributed by atoms with E-state index in [4.69, 9.17) is 0 Å². The smallest absolute Gasteiger partial charge is 0.338 e. The Morgan fingerprint density at radius 1 is 0.968 bits per heavy atom. The Hall–Kier alpha value is -2.66. The fourth-order valence-corrected chi connectivity index (χ4v) is 3.05. The van der Waals surface area contributed by atoms with E-state index in [0.717, 1.165) is 6.07 Å². The van der Waals surface area contributed by atoms with Crippen molar-refractivity contribution in [2.24, 2.45) is 5.92 Å². The van der Waals surface area contributed by atoms with E-state index in [1.165, 1.54) is 18.2 Å². The molecule has 0 aromatic heterocycles.